The maximum Gasteiger partial charge on any atom is 0.255 e. The Hall–Kier alpha value is -2.44. The van der Waals surface area contributed by atoms with Gasteiger partial charge in [0.05, 0.1) is 28.5 Å². The second kappa shape index (κ2) is 9.37. The van der Waals surface area contributed by atoms with Crippen LogP contribution in [0.25, 0.3) is 0 Å². The molecule has 1 saturated heterocycles. The first-order valence-corrected chi connectivity index (χ1v) is 10.2. The van der Waals surface area contributed by atoms with E-state index in [1.807, 2.05) is 17.9 Å². The summed E-state index contributed by atoms with van der Waals surface area (Å²) < 4.78 is 5.13. The molecule has 3 rings (SSSR count). The largest absolute Gasteiger partial charge is 0.495 e. The smallest absolute Gasteiger partial charge is 0.255 e. The number of carbonyl (C=O) groups excluding carboxylic acids is 2. The van der Waals surface area contributed by atoms with Crippen LogP contribution in [0.15, 0.2) is 36.4 Å². The zero-order chi connectivity index (χ0) is 21.0. The molecule has 0 unspecified atom stereocenters. The maximum absolute atomic E-state index is 12.8. The van der Waals surface area contributed by atoms with E-state index in [2.05, 4.69) is 10.2 Å². The Labute approximate surface area is 180 Å². The van der Waals surface area contributed by atoms with Crippen molar-refractivity contribution in [3.8, 4) is 5.75 Å². The van der Waals surface area contributed by atoms with E-state index < -0.39 is 0 Å². The molecule has 8 heteroatoms. The van der Waals surface area contributed by atoms with E-state index in [-0.39, 0.29) is 11.8 Å². The Balaban J connectivity index is 1.79. The Kier molecular flexibility index (Phi) is 6.87. The fourth-order valence-corrected chi connectivity index (χ4v) is 3.89. The predicted molar refractivity (Wildman–Crippen MR) is 116 cm³/mol. The topological polar surface area (TPSA) is 61.9 Å². The fraction of sp³-hybridized carbons (Fsp3) is 0.333. The van der Waals surface area contributed by atoms with Gasteiger partial charge in [0.25, 0.3) is 5.91 Å². The fourth-order valence-electron chi connectivity index (χ4n) is 3.34. The minimum Gasteiger partial charge on any atom is -0.495 e. The van der Waals surface area contributed by atoms with Crippen molar-refractivity contribution in [3.05, 3.63) is 52.0 Å². The molecular formula is C21H23Cl2N3O3. The third-order valence-electron chi connectivity index (χ3n) is 4.90. The summed E-state index contributed by atoms with van der Waals surface area (Å²) in [5.41, 5.74) is 1.79. The number of piperazine rings is 1. The summed E-state index contributed by atoms with van der Waals surface area (Å²) in [6.07, 6.45) is 0.498. The molecule has 0 saturated carbocycles. The van der Waals surface area contributed by atoms with Crippen LogP contribution in [-0.4, -0.2) is 50.0 Å². The average Bonchev–Trinajstić information content (AvgIpc) is 2.73. The summed E-state index contributed by atoms with van der Waals surface area (Å²) in [7, 11) is 1.52. The molecule has 1 aliphatic rings. The number of anilines is 2. The molecule has 154 valence electrons. The van der Waals surface area contributed by atoms with Gasteiger partial charge in [-0.15, -0.1) is 0 Å². The molecule has 0 spiro atoms. The van der Waals surface area contributed by atoms with Crippen molar-refractivity contribution in [1.82, 2.24) is 4.90 Å². The van der Waals surface area contributed by atoms with Gasteiger partial charge in [-0.3, -0.25) is 9.59 Å². The first kappa shape index (κ1) is 21.3. The lowest BCUT2D eigenvalue weighted by Gasteiger charge is -2.37. The van der Waals surface area contributed by atoms with Gasteiger partial charge in [0, 0.05) is 38.2 Å². The van der Waals surface area contributed by atoms with Crippen LogP contribution in [0, 0.1) is 0 Å². The summed E-state index contributed by atoms with van der Waals surface area (Å²) in [4.78, 5) is 28.6. The molecule has 1 aliphatic heterocycles. The zero-order valence-corrected chi connectivity index (χ0v) is 17.9. The van der Waals surface area contributed by atoms with E-state index in [1.54, 1.807) is 30.3 Å². The van der Waals surface area contributed by atoms with E-state index in [4.69, 9.17) is 27.9 Å². The second-order valence-corrected chi connectivity index (χ2v) is 7.48. The average molecular weight is 436 g/mol. The number of carbonyl (C=O) groups is 2. The molecule has 1 N–H and O–H groups in total. The van der Waals surface area contributed by atoms with Gasteiger partial charge in [-0.25, -0.2) is 0 Å². The number of rotatable bonds is 5. The minimum atomic E-state index is -0.294. The van der Waals surface area contributed by atoms with Gasteiger partial charge in [0.2, 0.25) is 5.91 Å². The second-order valence-electron chi connectivity index (χ2n) is 6.66. The monoisotopic (exact) mass is 435 g/mol. The highest BCUT2D eigenvalue weighted by Crippen LogP contribution is 2.35. The van der Waals surface area contributed by atoms with Gasteiger partial charge in [-0.1, -0.05) is 36.2 Å². The van der Waals surface area contributed by atoms with E-state index in [0.29, 0.717) is 59.6 Å². The SMILES string of the molecule is CCC(=O)N1CCN(c2c(Cl)cccc2NC(=O)c2ccc(OC)c(Cl)c2)CC1. The first-order valence-electron chi connectivity index (χ1n) is 9.40. The van der Waals surface area contributed by atoms with Crippen LogP contribution in [0.5, 0.6) is 5.75 Å². The summed E-state index contributed by atoms with van der Waals surface area (Å²) in [6, 6.07) is 10.3. The predicted octanol–water partition coefficient (Wildman–Crippen LogP) is 4.31. The first-order chi connectivity index (χ1) is 13.9. The van der Waals surface area contributed by atoms with Gasteiger partial charge in [-0.2, -0.15) is 0 Å². The van der Waals surface area contributed by atoms with Gasteiger partial charge >= 0.3 is 0 Å². The molecule has 2 amide bonds. The third kappa shape index (κ3) is 4.77. The summed E-state index contributed by atoms with van der Waals surface area (Å²) in [6.45, 7) is 4.40. The normalized spacial score (nSPS) is 13.9. The number of hydrogen-bond donors (Lipinski definition) is 1. The van der Waals surface area contributed by atoms with Crippen molar-refractivity contribution < 1.29 is 14.3 Å². The molecule has 2 aromatic carbocycles. The van der Waals surface area contributed by atoms with Crippen LogP contribution in [0.2, 0.25) is 10.0 Å². The van der Waals surface area contributed by atoms with Crippen molar-refractivity contribution in [2.45, 2.75) is 13.3 Å². The number of halogens is 2. The number of ether oxygens (including phenoxy) is 1. The van der Waals surface area contributed by atoms with Crippen LogP contribution < -0.4 is 15.0 Å². The molecule has 2 aromatic rings. The van der Waals surface area contributed by atoms with Gasteiger partial charge in [0.15, 0.2) is 0 Å². The lowest BCUT2D eigenvalue weighted by atomic mass is 10.1. The van der Waals surface area contributed by atoms with Gasteiger partial charge in [-0.05, 0) is 30.3 Å². The number of hydrogen-bond acceptors (Lipinski definition) is 4. The van der Waals surface area contributed by atoms with Crippen LogP contribution in [0.1, 0.15) is 23.7 Å². The molecule has 0 bridgehead atoms. The Morgan fingerprint density at radius 1 is 1.07 bits per heavy atom. The number of nitrogens with zero attached hydrogens (tertiary/aromatic N) is 2. The molecule has 0 aromatic heterocycles. The summed E-state index contributed by atoms with van der Waals surface area (Å²) in [5.74, 6) is 0.359. The van der Waals surface area contributed by atoms with Gasteiger partial charge < -0.3 is 19.9 Å². The standard InChI is InChI=1S/C21H23Cl2N3O3/c1-3-19(27)25-9-11-26(12-10-25)20-15(22)5-4-6-17(20)24-21(28)14-7-8-18(29-2)16(23)13-14/h4-8,13H,3,9-12H2,1-2H3,(H,24,28). The quantitative estimate of drug-likeness (QED) is 0.759. The van der Waals surface area contributed by atoms with E-state index in [0.717, 1.165) is 5.69 Å². The number of benzene rings is 2. The minimum absolute atomic E-state index is 0.147. The van der Waals surface area contributed by atoms with Crippen molar-refractivity contribution in [2.24, 2.45) is 0 Å². The van der Waals surface area contributed by atoms with E-state index in [1.165, 1.54) is 7.11 Å². The summed E-state index contributed by atoms with van der Waals surface area (Å²) >= 11 is 12.6. The molecule has 0 aliphatic carbocycles. The molecule has 29 heavy (non-hydrogen) atoms. The molecule has 1 heterocycles. The van der Waals surface area contributed by atoms with E-state index in [9.17, 15) is 9.59 Å². The molecule has 6 nitrogen and oxygen atoms in total. The summed E-state index contributed by atoms with van der Waals surface area (Å²) in [5, 5.41) is 3.84. The molecule has 0 atom stereocenters. The van der Waals surface area contributed by atoms with Gasteiger partial charge in [0.1, 0.15) is 5.75 Å². The molecule has 0 radical (unpaired) electrons. The lowest BCUT2D eigenvalue weighted by molar-refractivity contribution is -0.131. The Morgan fingerprint density at radius 2 is 1.79 bits per heavy atom. The Morgan fingerprint density at radius 3 is 2.41 bits per heavy atom. The highest BCUT2D eigenvalue weighted by molar-refractivity contribution is 6.34. The number of methoxy groups -OCH3 is 1. The van der Waals surface area contributed by atoms with Crippen LogP contribution in [-0.2, 0) is 4.79 Å². The third-order valence-corrected chi connectivity index (χ3v) is 5.50. The maximum atomic E-state index is 12.8. The van der Waals surface area contributed by atoms with Crippen LogP contribution >= 0.6 is 23.2 Å². The number of amides is 2. The lowest BCUT2D eigenvalue weighted by Crippen LogP contribution is -2.48. The van der Waals surface area contributed by atoms with Crippen molar-refractivity contribution in [3.63, 3.8) is 0 Å². The molecule has 1 fully saturated rings. The number of nitrogens with one attached hydrogen (secondary N) is 1. The van der Waals surface area contributed by atoms with Crippen molar-refractivity contribution >= 4 is 46.4 Å². The molecular weight excluding hydrogens is 413 g/mol. The highest BCUT2D eigenvalue weighted by atomic mass is 35.5. The highest BCUT2D eigenvalue weighted by Gasteiger charge is 2.24. The Bertz CT molecular complexity index is 912. The van der Waals surface area contributed by atoms with Crippen LogP contribution in [0.3, 0.4) is 0 Å². The zero-order valence-electron chi connectivity index (χ0n) is 16.4. The number of para-hydroxylation sites is 1. The van der Waals surface area contributed by atoms with Crippen molar-refractivity contribution in [2.75, 3.05) is 43.5 Å². The van der Waals surface area contributed by atoms with E-state index >= 15 is 0 Å². The van der Waals surface area contributed by atoms with Crippen molar-refractivity contribution in [1.29, 1.82) is 0 Å². The van der Waals surface area contributed by atoms with Crippen LogP contribution in [0.4, 0.5) is 11.4 Å².